The van der Waals surface area contributed by atoms with Crippen LogP contribution in [0.5, 0.6) is 0 Å². The highest BCUT2D eigenvalue weighted by atomic mass is 32.2. The molecule has 8 heteroatoms. The number of carbonyl (C=O) groups excluding carboxylic acids is 1. The first-order chi connectivity index (χ1) is 11.5. The van der Waals surface area contributed by atoms with Gasteiger partial charge in [0.25, 0.3) is 10.0 Å². The molecular formula is C16H27N3O3S2. The molecule has 1 fully saturated rings. The first-order valence-electron chi connectivity index (χ1n) is 8.53. The molecule has 2 N–H and O–H groups in total. The highest BCUT2D eigenvalue weighted by molar-refractivity contribution is 7.91. The van der Waals surface area contributed by atoms with E-state index in [1.165, 1.54) is 28.5 Å². The molecule has 1 aromatic heterocycles. The molecule has 1 aliphatic carbocycles. The lowest BCUT2D eigenvalue weighted by Crippen LogP contribution is -2.35. The highest BCUT2D eigenvalue weighted by Gasteiger charge is 2.23. The van der Waals surface area contributed by atoms with Crippen LogP contribution in [0.1, 0.15) is 31.6 Å². The fourth-order valence-corrected chi connectivity index (χ4v) is 5.39. The predicted molar refractivity (Wildman–Crippen MR) is 96.7 cm³/mol. The zero-order valence-electron chi connectivity index (χ0n) is 14.4. The summed E-state index contributed by atoms with van der Waals surface area (Å²) in [5, 5.41) is 6.01. The van der Waals surface area contributed by atoms with Gasteiger partial charge in [-0.25, -0.2) is 8.42 Å². The minimum Gasteiger partial charge on any atom is -0.355 e. The molecule has 1 aliphatic rings. The largest absolute Gasteiger partial charge is 0.355 e. The van der Waals surface area contributed by atoms with Gasteiger partial charge in [-0.05, 0) is 43.9 Å². The van der Waals surface area contributed by atoms with Gasteiger partial charge in [0.05, 0.1) is 6.54 Å². The van der Waals surface area contributed by atoms with Gasteiger partial charge in [0.2, 0.25) is 5.91 Å². The maximum Gasteiger partial charge on any atom is 0.252 e. The number of thiophene rings is 1. The van der Waals surface area contributed by atoms with Crippen LogP contribution in [0.25, 0.3) is 0 Å². The second kappa shape index (κ2) is 8.94. The SMILES string of the molecule is CCN(CC)S(=O)(=O)c1ccc(CCNC(=O)CNCC2CC2)s1. The first kappa shape index (κ1) is 19.4. The van der Waals surface area contributed by atoms with Crippen molar-refractivity contribution < 1.29 is 13.2 Å². The monoisotopic (exact) mass is 373 g/mol. The van der Waals surface area contributed by atoms with Crippen molar-refractivity contribution in [1.82, 2.24) is 14.9 Å². The summed E-state index contributed by atoms with van der Waals surface area (Å²) in [5.41, 5.74) is 0. The molecule has 0 aliphatic heterocycles. The van der Waals surface area contributed by atoms with E-state index in [2.05, 4.69) is 10.6 Å². The van der Waals surface area contributed by atoms with Gasteiger partial charge in [-0.2, -0.15) is 4.31 Å². The zero-order chi connectivity index (χ0) is 17.6. The topological polar surface area (TPSA) is 78.5 Å². The molecule has 1 aromatic rings. The van der Waals surface area contributed by atoms with Crippen LogP contribution in [-0.4, -0.2) is 51.4 Å². The van der Waals surface area contributed by atoms with Crippen molar-refractivity contribution in [2.75, 3.05) is 32.7 Å². The number of hydrogen-bond donors (Lipinski definition) is 2. The van der Waals surface area contributed by atoms with Crippen LogP contribution in [0, 0.1) is 5.92 Å². The standard InChI is InChI=1S/C16H27N3O3S2/c1-3-19(4-2)24(21,22)16-8-7-14(23-16)9-10-18-15(20)12-17-11-13-5-6-13/h7-8,13,17H,3-6,9-12H2,1-2H3,(H,18,20). The fraction of sp³-hybridized carbons (Fsp3) is 0.688. The van der Waals surface area contributed by atoms with Crippen LogP contribution in [0.4, 0.5) is 0 Å². The third-order valence-electron chi connectivity index (χ3n) is 4.05. The molecule has 1 amide bonds. The first-order valence-corrected chi connectivity index (χ1v) is 10.8. The Balaban J connectivity index is 1.75. The summed E-state index contributed by atoms with van der Waals surface area (Å²) in [6, 6.07) is 3.49. The van der Waals surface area contributed by atoms with Gasteiger partial charge in [0, 0.05) is 24.5 Å². The van der Waals surface area contributed by atoms with Gasteiger partial charge >= 0.3 is 0 Å². The van der Waals surface area contributed by atoms with Crippen LogP contribution in [0.3, 0.4) is 0 Å². The molecular weight excluding hydrogens is 346 g/mol. The number of hydrogen-bond acceptors (Lipinski definition) is 5. The number of nitrogens with one attached hydrogen (secondary N) is 2. The smallest absolute Gasteiger partial charge is 0.252 e. The van der Waals surface area contributed by atoms with Crippen molar-refractivity contribution >= 4 is 27.3 Å². The second-order valence-electron chi connectivity index (χ2n) is 5.98. The molecule has 136 valence electrons. The molecule has 0 spiro atoms. The van der Waals surface area contributed by atoms with Crippen LogP contribution in [0.15, 0.2) is 16.3 Å². The quantitative estimate of drug-likeness (QED) is 0.615. The van der Waals surface area contributed by atoms with Crippen molar-refractivity contribution in [1.29, 1.82) is 0 Å². The normalized spacial score (nSPS) is 15.0. The van der Waals surface area contributed by atoms with Crippen molar-refractivity contribution in [2.45, 2.75) is 37.3 Å². The lowest BCUT2D eigenvalue weighted by Gasteiger charge is -2.16. The molecule has 0 unspecified atom stereocenters. The van der Waals surface area contributed by atoms with Crippen LogP contribution < -0.4 is 10.6 Å². The minimum absolute atomic E-state index is 0.0109. The molecule has 6 nitrogen and oxygen atoms in total. The Morgan fingerprint density at radius 2 is 2.00 bits per heavy atom. The van der Waals surface area contributed by atoms with Crippen LogP contribution in [-0.2, 0) is 21.2 Å². The Morgan fingerprint density at radius 1 is 1.29 bits per heavy atom. The van der Waals surface area contributed by atoms with Gasteiger partial charge in [-0.3, -0.25) is 4.79 Å². The third kappa shape index (κ3) is 5.54. The predicted octanol–water partition coefficient (Wildman–Crippen LogP) is 1.44. The van der Waals surface area contributed by atoms with E-state index >= 15 is 0 Å². The van der Waals surface area contributed by atoms with Gasteiger partial charge in [-0.15, -0.1) is 11.3 Å². The second-order valence-corrected chi connectivity index (χ2v) is 9.32. The molecule has 1 saturated carbocycles. The van der Waals surface area contributed by atoms with E-state index in [0.717, 1.165) is 17.3 Å². The fourth-order valence-electron chi connectivity index (χ4n) is 2.42. The molecule has 0 bridgehead atoms. The van der Waals surface area contributed by atoms with Crippen LogP contribution in [0.2, 0.25) is 0 Å². The number of amides is 1. The molecule has 0 aromatic carbocycles. The third-order valence-corrected chi connectivity index (χ3v) is 7.71. The summed E-state index contributed by atoms with van der Waals surface area (Å²) in [7, 11) is -3.38. The van der Waals surface area contributed by atoms with Gasteiger partial charge in [0.1, 0.15) is 4.21 Å². The summed E-state index contributed by atoms with van der Waals surface area (Å²) >= 11 is 1.28. The summed E-state index contributed by atoms with van der Waals surface area (Å²) in [6.07, 6.45) is 3.18. The number of sulfonamides is 1. The maximum atomic E-state index is 12.4. The minimum atomic E-state index is -3.38. The Labute approximate surface area is 148 Å². The lowest BCUT2D eigenvalue weighted by molar-refractivity contribution is -0.120. The molecule has 0 saturated heterocycles. The average Bonchev–Trinajstić information content (AvgIpc) is 3.23. The van der Waals surface area contributed by atoms with Crippen molar-refractivity contribution in [2.24, 2.45) is 5.92 Å². The number of nitrogens with zero attached hydrogens (tertiary/aromatic N) is 1. The van der Waals surface area contributed by atoms with E-state index in [9.17, 15) is 13.2 Å². The zero-order valence-corrected chi connectivity index (χ0v) is 16.0. The Bertz CT molecular complexity index is 635. The van der Waals surface area contributed by atoms with E-state index in [4.69, 9.17) is 0 Å². The highest BCUT2D eigenvalue weighted by Crippen LogP contribution is 2.27. The summed E-state index contributed by atoms with van der Waals surface area (Å²) < 4.78 is 26.7. The van der Waals surface area contributed by atoms with E-state index in [-0.39, 0.29) is 5.91 Å². The summed E-state index contributed by atoms with van der Waals surface area (Å²) in [4.78, 5) is 12.7. The van der Waals surface area contributed by atoms with E-state index < -0.39 is 10.0 Å². The van der Waals surface area contributed by atoms with Gasteiger partial charge in [0.15, 0.2) is 0 Å². The Hall–Kier alpha value is -0.960. The van der Waals surface area contributed by atoms with E-state index in [0.29, 0.717) is 36.8 Å². The summed E-state index contributed by atoms with van der Waals surface area (Å²) in [6.45, 7) is 6.40. The molecule has 24 heavy (non-hydrogen) atoms. The summed E-state index contributed by atoms with van der Waals surface area (Å²) in [5.74, 6) is 0.748. The van der Waals surface area contributed by atoms with Crippen molar-refractivity contribution in [3.63, 3.8) is 0 Å². The van der Waals surface area contributed by atoms with Crippen molar-refractivity contribution in [3.05, 3.63) is 17.0 Å². The average molecular weight is 374 g/mol. The van der Waals surface area contributed by atoms with E-state index in [1.54, 1.807) is 6.07 Å². The molecule has 1 heterocycles. The van der Waals surface area contributed by atoms with Gasteiger partial charge < -0.3 is 10.6 Å². The number of rotatable bonds is 11. The van der Waals surface area contributed by atoms with E-state index in [1.807, 2.05) is 19.9 Å². The number of carbonyl (C=O) groups is 1. The molecule has 0 atom stereocenters. The Kier molecular flexibility index (Phi) is 7.21. The van der Waals surface area contributed by atoms with Crippen molar-refractivity contribution in [3.8, 4) is 0 Å². The van der Waals surface area contributed by atoms with Gasteiger partial charge in [-0.1, -0.05) is 13.8 Å². The Morgan fingerprint density at radius 3 is 2.62 bits per heavy atom. The molecule has 2 rings (SSSR count). The maximum absolute atomic E-state index is 12.4. The molecule has 0 radical (unpaired) electrons. The van der Waals surface area contributed by atoms with Crippen LogP contribution >= 0.6 is 11.3 Å². The lowest BCUT2D eigenvalue weighted by atomic mass is 10.3.